The smallest absolute Gasteiger partial charge is 0.162 e. The predicted octanol–water partition coefficient (Wildman–Crippen LogP) is -1.19. The largest absolute Gasteiger partial charge is 0.389 e. The summed E-state index contributed by atoms with van der Waals surface area (Å²) >= 11 is 0. The Morgan fingerprint density at radius 1 is 0.594 bits per heavy atom. The highest BCUT2D eigenvalue weighted by Crippen LogP contribution is 2.21. The lowest BCUT2D eigenvalue weighted by molar-refractivity contribution is -0.204. The molecule has 0 bridgehead atoms. The number of rotatable bonds is 2. The molecule has 0 aromatic carbocycles. The molecule has 0 radical (unpaired) electrons. The molecule has 10 nitrogen and oxygen atoms in total. The summed E-state index contributed by atoms with van der Waals surface area (Å²) < 4.78 is 23.2. The van der Waals surface area contributed by atoms with Crippen molar-refractivity contribution in [1.82, 2.24) is 20.4 Å². The Bertz CT molecular complexity index is 507. The summed E-state index contributed by atoms with van der Waals surface area (Å²) in [5, 5.41) is 28.3. The van der Waals surface area contributed by atoms with E-state index in [2.05, 4.69) is 20.4 Å². The molecule has 0 amide bonds. The molecule has 0 unspecified atom stereocenters. The van der Waals surface area contributed by atoms with Gasteiger partial charge in [-0.3, -0.25) is 9.80 Å². The topological polar surface area (TPSA) is 108 Å². The lowest BCUT2D eigenvalue weighted by atomic mass is 10.1. The van der Waals surface area contributed by atoms with Gasteiger partial charge in [0.15, 0.2) is 11.6 Å². The maximum absolute atomic E-state index is 10.6. The lowest BCUT2D eigenvalue weighted by Crippen LogP contribution is -2.54. The highest BCUT2D eigenvalue weighted by molar-refractivity contribution is 4.86. The van der Waals surface area contributed by atoms with Gasteiger partial charge in [0.05, 0.1) is 50.7 Å². The molecule has 32 heavy (non-hydrogen) atoms. The second-order valence-corrected chi connectivity index (χ2v) is 9.89. The maximum Gasteiger partial charge on any atom is 0.162 e. The molecular formula is C22H44N4O6. The Balaban J connectivity index is 1.54. The minimum Gasteiger partial charge on any atom is -0.389 e. The molecule has 0 aliphatic carbocycles. The van der Waals surface area contributed by atoms with E-state index in [-0.39, 0.29) is 25.3 Å². The quantitative estimate of drug-likeness (QED) is 0.402. The number of hydrogen-bond acceptors (Lipinski definition) is 10. The third kappa shape index (κ3) is 7.83. The van der Waals surface area contributed by atoms with Crippen LogP contribution in [-0.2, 0) is 18.9 Å². The molecule has 0 spiro atoms. The number of hydrogen-bond donors (Lipinski definition) is 4. The SMILES string of the molecule is CC1(C)OC[C@H](O)[C@@H](N2CCNCCN([C@H]3COC(C)(C)OC[C@@H]3O)CCNCC2)CO1. The first kappa shape index (κ1) is 26.2. The molecule has 0 aromatic rings. The molecular weight excluding hydrogens is 416 g/mol. The summed E-state index contributed by atoms with van der Waals surface area (Å²) in [4.78, 5) is 4.58. The molecule has 188 valence electrons. The second-order valence-electron chi connectivity index (χ2n) is 9.89. The fourth-order valence-electron chi connectivity index (χ4n) is 4.40. The van der Waals surface area contributed by atoms with E-state index in [4.69, 9.17) is 18.9 Å². The summed E-state index contributed by atoms with van der Waals surface area (Å²) in [6.45, 7) is 15.4. The second kappa shape index (κ2) is 11.8. The van der Waals surface area contributed by atoms with E-state index in [1.807, 2.05) is 27.7 Å². The molecule has 10 heteroatoms. The normalized spacial score (nSPS) is 36.9. The number of ether oxygens (including phenoxy) is 4. The van der Waals surface area contributed by atoms with Crippen LogP contribution in [0.15, 0.2) is 0 Å². The van der Waals surface area contributed by atoms with E-state index in [0.29, 0.717) is 13.2 Å². The van der Waals surface area contributed by atoms with Gasteiger partial charge in [0.2, 0.25) is 0 Å². The van der Waals surface area contributed by atoms with Crippen LogP contribution in [-0.4, -0.2) is 135 Å². The average molecular weight is 461 g/mol. The van der Waals surface area contributed by atoms with Crippen molar-refractivity contribution in [2.24, 2.45) is 0 Å². The van der Waals surface area contributed by atoms with Gasteiger partial charge in [-0.2, -0.15) is 0 Å². The average Bonchev–Trinajstić information content (AvgIpc) is 2.95. The van der Waals surface area contributed by atoms with E-state index >= 15 is 0 Å². The summed E-state index contributed by atoms with van der Waals surface area (Å²) in [5.74, 6) is -1.34. The molecule has 3 saturated heterocycles. The number of aliphatic hydroxyl groups excluding tert-OH is 2. The zero-order valence-corrected chi connectivity index (χ0v) is 20.2. The Kier molecular flexibility index (Phi) is 9.69. The van der Waals surface area contributed by atoms with Crippen molar-refractivity contribution in [3.63, 3.8) is 0 Å². The highest BCUT2D eigenvalue weighted by atomic mass is 16.7. The summed E-state index contributed by atoms with van der Waals surface area (Å²) in [5.41, 5.74) is 0. The molecule has 4 N–H and O–H groups in total. The van der Waals surface area contributed by atoms with Crippen molar-refractivity contribution < 1.29 is 29.2 Å². The van der Waals surface area contributed by atoms with Gasteiger partial charge in [-0.1, -0.05) is 0 Å². The molecule has 0 aromatic heterocycles. The fourth-order valence-corrected chi connectivity index (χ4v) is 4.40. The van der Waals surface area contributed by atoms with Crippen LogP contribution in [0.3, 0.4) is 0 Å². The first-order chi connectivity index (χ1) is 15.2. The minimum absolute atomic E-state index is 0.0959. The van der Waals surface area contributed by atoms with Crippen molar-refractivity contribution in [2.75, 3.05) is 78.8 Å². The van der Waals surface area contributed by atoms with Crippen LogP contribution in [0.5, 0.6) is 0 Å². The van der Waals surface area contributed by atoms with E-state index in [1.54, 1.807) is 0 Å². The third-order valence-corrected chi connectivity index (χ3v) is 6.54. The van der Waals surface area contributed by atoms with Gasteiger partial charge in [-0.05, 0) is 27.7 Å². The summed E-state index contributed by atoms with van der Waals surface area (Å²) in [6.07, 6.45) is -1.16. The molecule has 3 aliphatic rings. The predicted molar refractivity (Wildman–Crippen MR) is 120 cm³/mol. The van der Waals surface area contributed by atoms with Gasteiger partial charge >= 0.3 is 0 Å². The van der Waals surface area contributed by atoms with Crippen LogP contribution in [0.4, 0.5) is 0 Å². The molecule has 3 rings (SSSR count). The van der Waals surface area contributed by atoms with Crippen molar-refractivity contribution in [3.05, 3.63) is 0 Å². The van der Waals surface area contributed by atoms with E-state index in [9.17, 15) is 10.2 Å². The van der Waals surface area contributed by atoms with E-state index < -0.39 is 23.8 Å². The fraction of sp³-hybridized carbons (Fsp3) is 1.00. The number of aliphatic hydroxyl groups is 2. The summed E-state index contributed by atoms with van der Waals surface area (Å²) in [7, 11) is 0. The van der Waals surface area contributed by atoms with Crippen LogP contribution in [0.2, 0.25) is 0 Å². The van der Waals surface area contributed by atoms with Crippen molar-refractivity contribution in [3.8, 4) is 0 Å². The lowest BCUT2D eigenvalue weighted by Gasteiger charge is -2.35. The van der Waals surface area contributed by atoms with Gasteiger partial charge in [-0.25, -0.2) is 0 Å². The Labute approximate surface area is 192 Å². The van der Waals surface area contributed by atoms with Crippen LogP contribution >= 0.6 is 0 Å². The van der Waals surface area contributed by atoms with Gasteiger partial charge in [-0.15, -0.1) is 0 Å². The number of nitrogens with one attached hydrogen (secondary N) is 2. The maximum atomic E-state index is 10.6. The van der Waals surface area contributed by atoms with Gasteiger partial charge in [0.25, 0.3) is 0 Å². The minimum atomic E-state index is -0.672. The monoisotopic (exact) mass is 460 g/mol. The standard InChI is InChI=1S/C22H44N4O6/c1-21(2)29-13-17(19(27)15-31-21)25-9-5-23-7-11-26(12-8-24-6-10-25)18-14-30-22(3,4)32-16-20(18)28/h17-20,23-24,27-28H,5-16H2,1-4H3/t17-,18-,19-,20-/m0/s1. The van der Waals surface area contributed by atoms with E-state index in [0.717, 1.165) is 52.4 Å². The van der Waals surface area contributed by atoms with Crippen molar-refractivity contribution >= 4 is 0 Å². The zero-order valence-electron chi connectivity index (χ0n) is 20.2. The zero-order chi connectivity index (χ0) is 23.2. The highest BCUT2D eigenvalue weighted by Gasteiger charge is 2.36. The number of nitrogens with zero attached hydrogens (tertiary/aromatic N) is 2. The molecule has 3 aliphatic heterocycles. The van der Waals surface area contributed by atoms with Gasteiger partial charge in [0.1, 0.15) is 0 Å². The van der Waals surface area contributed by atoms with Gasteiger partial charge in [0, 0.05) is 52.4 Å². The molecule has 3 fully saturated rings. The first-order valence-electron chi connectivity index (χ1n) is 12.0. The summed E-state index contributed by atoms with van der Waals surface area (Å²) in [6, 6.07) is -0.192. The Hall–Kier alpha value is -0.400. The third-order valence-electron chi connectivity index (χ3n) is 6.54. The van der Waals surface area contributed by atoms with E-state index in [1.165, 1.54) is 0 Å². The van der Waals surface area contributed by atoms with Crippen LogP contribution in [0, 0.1) is 0 Å². The first-order valence-corrected chi connectivity index (χ1v) is 12.0. The van der Waals surface area contributed by atoms with Crippen LogP contribution < -0.4 is 10.6 Å². The Morgan fingerprint density at radius 3 is 1.25 bits per heavy atom. The molecule has 0 saturated carbocycles. The Morgan fingerprint density at radius 2 is 0.906 bits per heavy atom. The molecule has 4 atom stereocenters. The van der Waals surface area contributed by atoms with Crippen molar-refractivity contribution in [2.45, 2.75) is 63.6 Å². The van der Waals surface area contributed by atoms with Crippen LogP contribution in [0.1, 0.15) is 27.7 Å². The molecule has 3 heterocycles. The van der Waals surface area contributed by atoms with Gasteiger partial charge < -0.3 is 39.8 Å². The van der Waals surface area contributed by atoms with Crippen LogP contribution in [0.25, 0.3) is 0 Å². The van der Waals surface area contributed by atoms with Crippen molar-refractivity contribution in [1.29, 1.82) is 0 Å².